The van der Waals surface area contributed by atoms with Crippen LogP contribution in [-0.4, -0.2) is 57.2 Å². The molecule has 0 radical (unpaired) electrons. The van der Waals surface area contributed by atoms with Crippen molar-refractivity contribution in [3.63, 3.8) is 0 Å². The van der Waals surface area contributed by atoms with Crippen LogP contribution in [0.5, 0.6) is 0 Å². The second-order valence-corrected chi connectivity index (χ2v) is 22.5. The number of aromatic amines is 1. The van der Waals surface area contributed by atoms with E-state index in [2.05, 4.69) is 72.7 Å². The minimum Gasteiger partial charge on any atom is -0.414 e. The van der Waals surface area contributed by atoms with Crippen molar-refractivity contribution < 1.29 is 18.3 Å². The van der Waals surface area contributed by atoms with Crippen LogP contribution >= 0.6 is 0 Å². The smallest absolute Gasteiger partial charge is 0.330 e. The predicted octanol–water partition coefficient (Wildman–Crippen LogP) is 4.31. The van der Waals surface area contributed by atoms with Crippen molar-refractivity contribution in [2.45, 2.75) is 115 Å². The molecule has 0 bridgehead atoms. The van der Waals surface area contributed by atoms with Gasteiger partial charge in [-0.1, -0.05) is 41.5 Å². The first-order valence-corrected chi connectivity index (χ1v) is 18.1. The van der Waals surface area contributed by atoms with E-state index in [1.807, 2.05) is 0 Å². The summed E-state index contributed by atoms with van der Waals surface area (Å²) in [6, 6.07) is 0. The monoisotopic (exact) mass is 512 g/mol. The molecule has 2 aliphatic rings. The van der Waals surface area contributed by atoms with Gasteiger partial charge in [-0.2, -0.15) is 0 Å². The molecule has 0 unspecified atom stereocenters. The minimum atomic E-state index is -2.21. The largest absolute Gasteiger partial charge is 0.414 e. The number of hydrogen-bond donors (Lipinski definition) is 1. The van der Waals surface area contributed by atoms with Crippen molar-refractivity contribution in [2.75, 3.05) is 13.2 Å². The fourth-order valence-corrected chi connectivity index (χ4v) is 6.28. The highest BCUT2D eigenvalue weighted by molar-refractivity contribution is 6.74. The Balaban J connectivity index is 2.04. The van der Waals surface area contributed by atoms with Crippen molar-refractivity contribution in [1.29, 1.82) is 0 Å². The Hall–Kier alpha value is -1.05. The van der Waals surface area contributed by atoms with Crippen LogP contribution < -0.4 is 11.2 Å². The number of nitrogens with zero attached hydrogens (tertiary/aromatic N) is 1. The lowest BCUT2D eigenvalue weighted by atomic mass is 9.86. The lowest BCUT2D eigenvalue weighted by Crippen LogP contribution is -2.62. The van der Waals surface area contributed by atoms with Crippen LogP contribution in [0.3, 0.4) is 0 Å². The van der Waals surface area contributed by atoms with Crippen molar-refractivity contribution in [3.05, 3.63) is 32.6 Å². The molecule has 0 aromatic carbocycles. The van der Waals surface area contributed by atoms with E-state index in [-0.39, 0.29) is 16.2 Å². The van der Waals surface area contributed by atoms with Crippen LogP contribution in [0.25, 0.3) is 0 Å². The first-order valence-electron chi connectivity index (χ1n) is 12.3. The summed E-state index contributed by atoms with van der Waals surface area (Å²) >= 11 is 0. The Morgan fingerprint density at radius 3 is 2.12 bits per heavy atom. The second kappa shape index (κ2) is 8.81. The minimum absolute atomic E-state index is 0.00767. The van der Waals surface area contributed by atoms with Crippen molar-refractivity contribution in [3.8, 4) is 0 Å². The van der Waals surface area contributed by atoms with Crippen LogP contribution in [-0.2, 0) is 18.3 Å². The predicted molar refractivity (Wildman–Crippen MR) is 138 cm³/mol. The summed E-state index contributed by atoms with van der Waals surface area (Å²) in [7, 11) is -4.25. The van der Waals surface area contributed by atoms with Crippen LogP contribution in [0, 0.1) is 6.92 Å². The van der Waals surface area contributed by atoms with E-state index >= 15 is 0 Å². The van der Waals surface area contributed by atoms with Gasteiger partial charge in [-0.05, 0) is 43.2 Å². The topological polar surface area (TPSA) is 91.8 Å². The lowest BCUT2D eigenvalue weighted by Gasteiger charge is -2.49. The molecule has 0 saturated carbocycles. The van der Waals surface area contributed by atoms with Gasteiger partial charge in [0.25, 0.3) is 5.56 Å². The molecule has 0 amide bonds. The molecule has 1 spiro atoms. The summed E-state index contributed by atoms with van der Waals surface area (Å²) < 4.78 is 27.8. The van der Waals surface area contributed by atoms with Crippen molar-refractivity contribution >= 4 is 16.6 Å². The molecule has 10 heteroatoms. The lowest BCUT2D eigenvalue weighted by molar-refractivity contribution is -0.224. The van der Waals surface area contributed by atoms with Gasteiger partial charge in [0.1, 0.15) is 17.8 Å². The van der Waals surface area contributed by atoms with E-state index in [0.29, 0.717) is 25.2 Å². The molecule has 3 rings (SSSR count). The number of nitrogens with one attached hydrogen (secondary N) is 1. The van der Waals surface area contributed by atoms with E-state index in [1.165, 1.54) is 4.57 Å². The van der Waals surface area contributed by atoms with Gasteiger partial charge in [-0.3, -0.25) is 14.3 Å². The molecule has 34 heavy (non-hydrogen) atoms. The molecule has 194 valence electrons. The Bertz CT molecular complexity index is 1010. The number of aryl methyl sites for hydroxylation is 1. The van der Waals surface area contributed by atoms with Gasteiger partial charge in [-0.15, -0.1) is 0 Å². The average Bonchev–Trinajstić information content (AvgIpc) is 2.94. The van der Waals surface area contributed by atoms with E-state index in [4.69, 9.17) is 18.3 Å². The van der Waals surface area contributed by atoms with Crippen LogP contribution in [0.1, 0.15) is 59.8 Å². The zero-order valence-corrected chi connectivity index (χ0v) is 24.8. The molecular formula is C24H44N2O6Si2. The van der Waals surface area contributed by atoms with Gasteiger partial charge in [-0.25, -0.2) is 4.79 Å². The number of hydrogen-bond acceptors (Lipinski definition) is 6. The van der Waals surface area contributed by atoms with Crippen LogP contribution in [0.4, 0.5) is 0 Å². The van der Waals surface area contributed by atoms with Crippen LogP contribution in [0.2, 0.25) is 36.3 Å². The fraction of sp³-hybridized carbons (Fsp3) is 0.833. The molecule has 8 nitrogen and oxygen atoms in total. The highest BCUT2D eigenvalue weighted by atomic mass is 28.4. The van der Waals surface area contributed by atoms with E-state index in [0.717, 1.165) is 0 Å². The first kappa shape index (κ1) is 27.5. The van der Waals surface area contributed by atoms with Gasteiger partial charge in [0.2, 0.25) is 0 Å². The van der Waals surface area contributed by atoms with Crippen LogP contribution in [0.15, 0.2) is 15.8 Å². The Morgan fingerprint density at radius 2 is 1.65 bits per heavy atom. The van der Waals surface area contributed by atoms with E-state index in [9.17, 15) is 9.59 Å². The third kappa shape index (κ3) is 4.81. The second-order valence-electron chi connectivity index (χ2n) is 12.9. The summed E-state index contributed by atoms with van der Waals surface area (Å²) in [4.78, 5) is 27.2. The summed E-state index contributed by atoms with van der Waals surface area (Å²) in [6.45, 7) is 24.7. The Kier molecular flexibility index (Phi) is 7.14. The molecule has 1 aromatic rings. The first-order chi connectivity index (χ1) is 15.3. The molecule has 0 aliphatic carbocycles. The van der Waals surface area contributed by atoms with Crippen molar-refractivity contribution in [1.82, 2.24) is 9.55 Å². The Labute approximate surface area is 205 Å². The van der Waals surface area contributed by atoms with E-state index < -0.39 is 45.8 Å². The number of ether oxygens (including phenoxy) is 2. The maximum absolute atomic E-state index is 12.8. The van der Waals surface area contributed by atoms with Gasteiger partial charge in [0.05, 0.1) is 13.2 Å². The quantitative estimate of drug-likeness (QED) is 0.571. The molecule has 3 heterocycles. The number of H-pyrrole nitrogens is 1. The molecular weight excluding hydrogens is 468 g/mol. The average molecular weight is 513 g/mol. The number of aromatic nitrogens is 2. The highest BCUT2D eigenvalue weighted by Crippen LogP contribution is 2.52. The maximum atomic E-state index is 12.8. The SMILES string of the molecule is Cc1cn([C@@H]2O[C@H](CO[Si](C)(C)C(C)(C)C)[C@@H](O[Si](C)(C)C(C)(C)C)[C@]23CCO3)c(=O)[nH]c1=O. The summed E-state index contributed by atoms with van der Waals surface area (Å²) in [5, 5.41) is 0.0463. The highest BCUT2D eigenvalue weighted by Gasteiger charge is 2.64. The zero-order chi connectivity index (χ0) is 25.9. The van der Waals surface area contributed by atoms with Gasteiger partial charge >= 0.3 is 5.69 Å². The molecule has 1 aromatic heterocycles. The zero-order valence-electron chi connectivity index (χ0n) is 22.8. The standard InChI is InChI=1S/C24H44N2O6Si2/c1-16-14-26(21(28)25-19(16)27)20-24(12-13-29-24)18(32-34(10,11)23(5,6)7)17(31-20)15-30-33(8,9)22(2,3)4/h14,17-18,20H,12-13,15H2,1-11H3,(H,25,27,28)/t17-,18-,20-,24-/m1/s1. The summed E-state index contributed by atoms with van der Waals surface area (Å²) in [6.07, 6.45) is 0.796. The molecule has 2 saturated heterocycles. The normalized spacial score (nSPS) is 28.4. The number of rotatable bonds is 6. The van der Waals surface area contributed by atoms with Crippen molar-refractivity contribution in [2.24, 2.45) is 0 Å². The fourth-order valence-electron chi connectivity index (χ4n) is 3.93. The summed E-state index contributed by atoms with van der Waals surface area (Å²) in [5.41, 5.74) is -1.26. The van der Waals surface area contributed by atoms with Gasteiger partial charge in [0, 0.05) is 18.2 Å². The molecule has 4 atom stereocenters. The Morgan fingerprint density at radius 1 is 1.09 bits per heavy atom. The van der Waals surface area contributed by atoms with Gasteiger partial charge in [0.15, 0.2) is 22.9 Å². The molecule has 2 fully saturated rings. The third-order valence-corrected chi connectivity index (χ3v) is 17.4. The third-order valence-electron chi connectivity index (χ3n) is 8.45. The van der Waals surface area contributed by atoms with Gasteiger partial charge < -0.3 is 18.3 Å². The molecule has 1 N–H and O–H groups in total. The van der Waals surface area contributed by atoms with E-state index in [1.54, 1.807) is 13.1 Å². The maximum Gasteiger partial charge on any atom is 0.330 e. The molecule has 2 aliphatic heterocycles. The summed E-state index contributed by atoms with van der Waals surface area (Å²) in [5.74, 6) is 0.